The molecule has 6 heterocycles. The zero-order valence-electron chi connectivity index (χ0n) is 37.6. The van der Waals surface area contributed by atoms with Crippen molar-refractivity contribution < 1.29 is 19.1 Å². The van der Waals surface area contributed by atoms with Gasteiger partial charge in [0.2, 0.25) is 11.8 Å². The third-order valence-electron chi connectivity index (χ3n) is 13.8. The summed E-state index contributed by atoms with van der Waals surface area (Å²) in [5.74, 6) is 1.68. The first-order valence-electron chi connectivity index (χ1n) is 23.1. The van der Waals surface area contributed by atoms with Gasteiger partial charge in [-0.15, -0.1) is 0 Å². The van der Waals surface area contributed by atoms with Gasteiger partial charge in [0.05, 0.1) is 59.8 Å². The molecule has 63 heavy (non-hydrogen) atoms. The summed E-state index contributed by atoms with van der Waals surface area (Å²) >= 11 is 0. The van der Waals surface area contributed by atoms with Crippen molar-refractivity contribution in [2.75, 3.05) is 63.2 Å². The number of H-pyrrole nitrogens is 2. The lowest BCUT2D eigenvalue weighted by atomic mass is 10.0. The Balaban J connectivity index is 1.02. The standard InChI is InChI=1S/C49H63N10O4/c1-30(2)27-44(60)57-21-7-9-42(57)46-50-36-17-11-32(28-38(36)52-46)40-19-20-41(59(40)35-15-13-34(14-16-35)56-25-23-55(5)24-26-56)33-12-18-37-39(29-33)53-47(51-37)43-10-8-22-58(43)48(61)45(31(3)4)54-49(62)63-6/h11-18,27-31,40-43,45H,7-10,19-26H2,1-6H3,(H,50,52)(H,51,53)(H,54,62)/t40-,41-,42+,43+,45+/m1/s1. The van der Waals surface area contributed by atoms with Crippen LogP contribution in [0.3, 0.4) is 0 Å². The quantitative estimate of drug-likeness (QED) is 0.121. The number of hydrogen-bond acceptors (Lipinski definition) is 9. The molecular formula is C49H63N10O4. The third-order valence-corrected chi connectivity index (χ3v) is 13.8. The number of likely N-dealkylation sites (N-methyl/N-ethyl adjacent to an activating group) is 1. The van der Waals surface area contributed by atoms with Crippen molar-refractivity contribution in [3.63, 3.8) is 0 Å². The zero-order chi connectivity index (χ0) is 43.9. The number of ether oxygens (including phenoxy) is 1. The van der Waals surface area contributed by atoms with E-state index in [0.29, 0.717) is 6.54 Å². The second-order valence-electron chi connectivity index (χ2n) is 18.8. The van der Waals surface area contributed by atoms with E-state index in [2.05, 4.69) is 97.7 Å². The van der Waals surface area contributed by atoms with Gasteiger partial charge in [0.15, 0.2) is 0 Å². The molecule has 0 saturated carbocycles. The Morgan fingerprint density at radius 1 is 0.698 bits per heavy atom. The first-order chi connectivity index (χ1) is 30.4. The number of nitrogens with one attached hydrogen (secondary N) is 3. The van der Waals surface area contributed by atoms with Crippen molar-refractivity contribution in [1.82, 2.24) is 40.0 Å². The van der Waals surface area contributed by atoms with E-state index in [1.165, 1.54) is 29.6 Å². The molecule has 0 aliphatic carbocycles. The topological polar surface area (TPSA) is 146 Å². The Morgan fingerprint density at radius 3 is 1.97 bits per heavy atom. The fourth-order valence-corrected chi connectivity index (χ4v) is 10.4. The minimum Gasteiger partial charge on any atom is -0.453 e. The molecule has 4 aliphatic heterocycles. The molecule has 0 spiro atoms. The molecule has 14 heteroatoms. The number of methoxy groups -OCH3 is 1. The van der Waals surface area contributed by atoms with Crippen molar-refractivity contribution in [1.29, 1.82) is 0 Å². The van der Waals surface area contributed by atoms with E-state index < -0.39 is 12.1 Å². The number of benzene rings is 3. The van der Waals surface area contributed by atoms with Gasteiger partial charge in [0.1, 0.15) is 17.7 Å². The van der Waals surface area contributed by atoms with Gasteiger partial charge in [-0.2, -0.15) is 0 Å². The van der Waals surface area contributed by atoms with E-state index in [9.17, 15) is 14.4 Å². The Labute approximate surface area is 370 Å². The van der Waals surface area contributed by atoms with E-state index in [1.807, 2.05) is 43.9 Å². The first kappa shape index (κ1) is 42.7. The summed E-state index contributed by atoms with van der Waals surface area (Å²) in [6, 6.07) is 21.6. The molecule has 9 rings (SSSR count). The van der Waals surface area contributed by atoms with Gasteiger partial charge in [-0.1, -0.05) is 39.8 Å². The van der Waals surface area contributed by atoms with Gasteiger partial charge < -0.3 is 44.5 Å². The average molecular weight is 856 g/mol. The highest BCUT2D eigenvalue weighted by Gasteiger charge is 2.39. The third kappa shape index (κ3) is 8.58. The van der Waals surface area contributed by atoms with Crippen LogP contribution in [-0.4, -0.2) is 112 Å². The zero-order valence-corrected chi connectivity index (χ0v) is 37.6. The van der Waals surface area contributed by atoms with E-state index >= 15 is 0 Å². The number of carbonyl (C=O) groups excluding carboxylic acids is 3. The molecule has 4 fully saturated rings. The maximum Gasteiger partial charge on any atom is 0.407 e. The normalized spacial score (nSPS) is 22.6. The monoisotopic (exact) mass is 856 g/mol. The molecule has 333 valence electrons. The van der Waals surface area contributed by atoms with Gasteiger partial charge in [0.25, 0.3) is 0 Å². The maximum absolute atomic E-state index is 13.9. The Morgan fingerprint density at radius 2 is 1.30 bits per heavy atom. The van der Waals surface area contributed by atoms with Crippen LogP contribution in [0.1, 0.15) is 113 Å². The summed E-state index contributed by atoms with van der Waals surface area (Å²) < 4.78 is 4.84. The predicted molar refractivity (Wildman–Crippen MR) is 246 cm³/mol. The van der Waals surface area contributed by atoms with Crippen LogP contribution >= 0.6 is 0 Å². The summed E-state index contributed by atoms with van der Waals surface area (Å²) in [7, 11) is 3.50. The summed E-state index contributed by atoms with van der Waals surface area (Å²) in [6.45, 7) is 13.4. The number of nitrogens with zero attached hydrogens (tertiary/aromatic N) is 7. The molecule has 4 aliphatic rings. The van der Waals surface area contributed by atoms with Crippen molar-refractivity contribution >= 4 is 51.3 Å². The van der Waals surface area contributed by atoms with Crippen molar-refractivity contribution in [2.45, 2.75) is 96.4 Å². The number of aromatic nitrogens is 4. The van der Waals surface area contributed by atoms with Gasteiger partial charge in [-0.25, -0.2) is 14.8 Å². The molecule has 2 aromatic heterocycles. The van der Waals surface area contributed by atoms with Crippen LogP contribution in [0.2, 0.25) is 0 Å². The lowest BCUT2D eigenvalue weighted by Crippen LogP contribution is -2.51. The number of likely N-dealkylation sites (tertiary alicyclic amines) is 2. The summed E-state index contributed by atoms with van der Waals surface area (Å²) in [4.78, 5) is 67.9. The second-order valence-corrected chi connectivity index (χ2v) is 18.8. The number of anilines is 2. The van der Waals surface area contributed by atoms with Crippen LogP contribution in [0.15, 0.2) is 60.7 Å². The smallest absolute Gasteiger partial charge is 0.407 e. The predicted octanol–water partition coefficient (Wildman–Crippen LogP) is 7.84. The molecule has 14 nitrogen and oxygen atoms in total. The fraction of sp³-hybridized carbons (Fsp3) is 0.510. The van der Waals surface area contributed by atoms with Gasteiger partial charge >= 0.3 is 6.09 Å². The number of rotatable bonds is 11. The molecule has 1 radical (unpaired) electrons. The van der Waals surface area contributed by atoms with Crippen LogP contribution in [0, 0.1) is 18.3 Å². The maximum atomic E-state index is 13.9. The van der Waals surface area contributed by atoms with Crippen LogP contribution in [0.5, 0.6) is 0 Å². The molecule has 3 aromatic carbocycles. The summed E-state index contributed by atoms with van der Waals surface area (Å²) in [5.41, 5.74) is 8.57. The highest BCUT2D eigenvalue weighted by molar-refractivity contribution is 5.87. The van der Waals surface area contributed by atoms with Crippen molar-refractivity contribution in [3.05, 3.63) is 89.9 Å². The molecule has 4 saturated heterocycles. The number of alkyl carbamates (subject to hydrolysis) is 1. The number of carbonyl (C=O) groups is 3. The molecule has 3 amide bonds. The van der Waals surface area contributed by atoms with Crippen molar-refractivity contribution in [2.24, 2.45) is 11.8 Å². The number of aromatic amines is 2. The number of hydrogen-bond donors (Lipinski definition) is 3. The summed E-state index contributed by atoms with van der Waals surface area (Å²) in [6.07, 6.45) is 6.64. The highest BCUT2D eigenvalue weighted by atomic mass is 16.5. The molecule has 0 unspecified atom stereocenters. The fourth-order valence-electron chi connectivity index (χ4n) is 10.4. The highest BCUT2D eigenvalue weighted by Crippen LogP contribution is 2.48. The number of piperazine rings is 1. The Bertz CT molecular complexity index is 2440. The van der Waals surface area contributed by atoms with Crippen LogP contribution in [0.25, 0.3) is 22.1 Å². The SMILES string of the molecule is COC(=O)N[C@H](C(=O)N1CCC[C@H]1c1nc2cc([C@H]3CC[C@H](c4ccc5nc([C@@H]6CCCN6C(=O)[CH]C(C)C)[nH]c5c4)N3c3ccc(N4CCN(C)CC4)cc3)ccc2[nH]1)C(C)C. The molecule has 5 aromatic rings. The minimum atomic E-state index is -0.691. The summed E-state index contributed by atoms with van der Waals surface area (Å²) in [5, 5.41) is 2.76. The van der Waals surface area contributed by atoms with Crippen LogP contribution in [0.4, 0.5) is 16.2 Å². The minimum absolute atomic E-state index is 0.0511. The van der Waals surface area contributed by atoms with Crippen LogP contribution in [-0.2, 0) is 14.3 Å². The molecular weight excluding hydrogens is 793 g/mol. The lowest BCUT2D eigenvalue weighted by molar-refractivity contribution is -0.135. The van der Waals surface area contributed by atoms with E-state index in [4.69, 9.17) is 14.7 Å². The first-order valence-corrected chi connectivity index (χ1v) is 23.1. The van der Waals surface area contributed by atoms with E-state index in [-0.39, 0.29) is 47.8 Å². The number of imidazole rings is 2. The van der Waals surface area contributed by atoms with Gasteiger partial charge in [-0.3, -0.25) is 9.59 Å². The largest absolute Gasteiger partial charge is 0.453 e. The van der Waals surface area contributed by atoms with Gasteiger partial charge in [0, 0.05) is 50.6 Å². The van der Waals surface area contributed by atoms with E-state index in [0.717, 1.165) is 105 Å². The molecule has 0 bridgehead atoms. The average Bonchev–Trinajstić information content (AvgIpc) is 4.13. The lowest BCUT2D eigenvalue weighted by Gasteiger charge is -2.36. The van der Waals surface area contributed by atoms with E-state index in [1.54, 1.807) is 0 Å². The van der Waals surface area contributed by atoms with Crippen LogP contribution < -0.4 is 15.1 Å². The second kappa shape index (κ2) is 17.9. The Hall–Kier alpha value is -5.63. The Kier molecular flexibility index (Phi) is 12.1. The molecule has 3 N–H and O–H groups in total. The number of amides is 3. The number of fused-ring (bicyclic) bond motifs is 2. The molecule has 5 atom stereocenters. The van der Waals surface area contributed by atoms with Crippen molar-refractivity contribution in [3.8, 4) is 0 Å². The van der Waals surface area contributed by atoms with Gasteiger partial charge in [-0.05, 0) is 117 Å².